The van der Waals surface area contributed by atoms with Gasteiger partial charge in [0.1, 0.15) is 11.6 Å². The van der Waals surface area contributed by atoms with Crippen LogP contribution in [0.3, 0.4) is 0 Å². The number of para-hydroxylation sites is 1. The van der Waals surface area contributed by atoms with Crippen molar-refractivity contribution in [3.8, 4) is 0 Å². The predicted molar refractivity (Wildman–Crippen MR) is 137 cm³/mol. The highest BCUT2D eigenvalue weighted by Crippen LogP contribution is 2.56. The molecule has 36 heavy (non-hydrogen) atoms. The van der Waals surface area contributed by atoms with Gasteiger partial charge < -0.3 is 15.4 Å². The Bertz CT molecular complexity index is 1450. The number of benzene rings is 3. The number of hydrogen-bond acceptors (Lipinski definition) is 3. The number of amides is 1. The Labute approximate surface area is 213 Å². The second-order valence-electron chi connectivity index (χ2n) is 9.66. The monoisotopic (exact) mass is 509 g/mol. The SMILES string of the molecule is C[C@H]1c2c(F)cc(F)cc2NC(C)(C)[C@@]1(OC(=O)NCc1ccccc1)c1cccc2ccn(Cl)c12. The van der Waals surface area contributed by atoms with Crippen molar-refractivity contribution in [3.63, 3.8) is 0 Å². The molecule has 1 amide bonds. The first-order valence-corrected chi connectivity index (χ1v) is 12.0. The molecular formula is C28H26ClF2N3O2. The van der Waals surface area contributed by atoms with Crippen LogP contribution >= 0.6 is 11.8 Å². The summed E-state index contributed by atoms with van der Waals surface area (Å²) in [5.74, 6) is -2.11. The van der Waals surface area contributed by atoms with Gasteiger partial charge in [-0.1, -0.05) is 55.5 Å². The maximum atomic E-state index is 15.3. The summed E-state index contributed by atoms with van der Waals surface area (Å²) in [6.07, 6.45) is 1.03. The lowest BCUT2D eigenvalue weighted by Gasteiger charge is -2.54. The number of ether oxygens (including phenoxy) is 1. The Kier molecular flexibility index (Phi) is 5.91. The van der Waals surface area contributed by atoms with Crippen LogP contribution in [0.15, 0.2) is 72.9 Å². The molecule has 0 bridgehead atoms. The van der Waals surface area contributed by atoms with Crippen LogP contribution in [0.25, 0.3) is 10.9 Å². The van der Waals surface area contributed by atoms with Crippen LogP contribution in [-0.2, 0) is 16.9 Å². The second-order valence-corrected chi connectivity index (χ2v) is 10.0. The quantitative estimate of drug-likeness (QED) is 0.310. The lowest BCUT2D eigenvalue weighted by molar-refractivity contribution is -0.0570. The molecule has 1 aromatic heterocycles. The summed E-state index contributed by atoms with van der Waals surface area (Å²) >= 11 is 6.55. The Hall–Kier alpha value is -3.58. The van der Waals surface area contributed by atoms with Gasteiger partial charge in [-0.3, -0.25) is 4.09 Å². The van der Waals surface area contributed by atoms with E-state index < -0.39 is 34.8 Å². The van der Waals surface area contributed by atoms with E-state index in [4.69, 9.17) is 16.5 Å². The third-order valence-electron chi connectivity index (χ3n) is 7.11. The molecule has 2 N–H and O–H groups in total. The van der Waals surface area contributed by atoms with E-state index in [1.165, 1.54) is 10.2 Å². The van der Waals surface area contributed by atoms with Gasteiger partial charge in [0.2, 0.25) is 0 Å². The third kappa shape index (κ3) is 3.78. The fourth-order valence-corrected chi connectivity index (χ4v) is 5.79. The highest BCUT2D eigenvalue weighted by molar-refractivity contribution is 6.19. The summed E-state index contributed by atoms with van der Waals surface area (Å²) in [4.78, 5) is 13.4. The molecule has 4 aromatic rings. The van der Waals surface area contributed by atoms with Gasteiger partial charge >= 0.3 is 6.09 Å². The number of alkyl carbamates (subject to hydrolysis) is 1. The Morgan fingerprint density at radius 1 is 1.11 bits per heavy atom. The Balaban J connectivity index is 1.68. The molecule has 186 valence electrons. The standard InChI is InChI=1S/C28H26ClF2N3O2/c1-17-24-22(31)14-20(30)15-23(24)33-27(2,3)28(17,21-11-7-10-19-12-13-34(29)25(19)21)36-26(35)32-16-18-8-5-4-6-9-18/h4-15,17,33H,16H2,1-3H3,(H,32,35)/t17-,28-/m0/s1. The van der Waals surface area contributed by atoms with Crippen molar-refractivity contribution in [1.82, 2.24) is 9.40 Å². The van der Waals surface area contributed by atoms with E-state index in [1.807, 2.05) is 68.4 Å². The largest absolute Gasteiger partial charge is 0.435 e. The number of rotatable bonds is 4. The minimum atomic E-state index is -1.43. The van der Waals surface area contributed by atoms with E-state index in [-0.39, 0.29) is 12.1 Å². The van der Waals surface area contributed by atoms with Crippen LogP contribution in [0.2, 0.25) is 0 Å². The molecule has 0 saturated carbocycles. The van der Waals surface area contributed by atoms with E-state index in [1.54, 1.807) is 13.1 Å². The maximum absolute atomic E-state index is 15.3. The molecule has 0 unspecified atom stereocenters. The topological polar surface area (TPSA) is 55.3 Å². The fourth-order valence-electron chi connectivity index (χ4n) is 5.55. The van der Waals surface area contributed by atoms with Crippen LogP contribution in [-0.4, -0.2) is 15.7 Å². The molecule has 3 aromatic carbocycles. The van der Waals surface area contributed by atoms with Crippen molar-refractivity contribution in [2.75, 3.05) is 5.32 Å². The predicted octanol–water partition coefficient (Wildman–Crippen LogP) is 7.05. The molecule has 0 saturated heterocycles. The number of halogens is 3. The van der Waals surface area contributed by atoms with Gasteiger partial charge in [0.05, 0.1) is 11.1 Å². The molecule has 0 radical (unpaired) electrons. The fraction of sp³-hybridized carbons (Fsp3) is 0.250. The smallest absolute Gasteiger partial charge is 0.408 e. The zero-order valence-electron chi connectivity index (χ0n) is 20.1. The number of carbonyl (C=O) groups excluding carboxylic acids is 1. The van der Waals surface area contributed by atoms with Crippen molar-refractivity contribution in [1.29, 1.82) is 0 Å². The molecule has 2 atom stereocenters. The van der Waals surface area contributed by atoms with Crippen LogP contribution in [0.5, 0.6) is 0 Å². The summed E-state index contributed by atoms with van der Waals surface area (Å²) in [5, 5.41) is 6.91. The molecule has 0 fully saturated rings. The van der Waals surface area contributed by atoms with Gasteiger partial charge in [0.25, 0.3) is 0 Å². The highest BCUT2D eigenvalue weighted by atomic mass is 35.5. The van der Waals surface area contributed by atoms with E-state index in [0.717, 1.165) is 17.0 Å². The number of nitrogens with one attached hydrogen (secondary N) is 2. The van der Waals surface area contributed by atoms with E-state index in [0.29, 0.717) is 16.8 Å². The molecule has 5 rings (SSSR count). The number of carbonyl (C=O) groups is 1. The summed E-state index contributed by atoms with van der Waals surface area (Å²) in [7, 11) is 0. The molecule has 1 aliphatic heterocycles. The van der Waals surface area contributed by atoms with E-state index in [9.17, 15) is 9.18 Å². The molecule has 2 heterocycles. The zero-order chi connectivity index (χ0) is 25.7. The van der Waals surface area contributed by atoms with Gasteiger partial charge in [-0.05, 0) is 31.5 Å². The molecule has 8 heteroatoms. The average molecular weight is 510 g/mol. The normalized spacial score (nSPS) is 20.4. The van der Waals surface area contributed by atoms with Crippen LogP contribution in [0, 0.1) is 11.6 Å². The highest BCUT2D eigenvalue weighted by Gasteiger charge is 2.59. The minimum absolute atomic E-state index is 0.233. The van der Waals surface area contributed by atoms with Crippen molar-refractivity contribution in [2.24, 2.45) is 0 Å². The first-order valence-electron chi connectivity index (χ1n) is 11.7. The molecular weight excluding hydrogens is 484 g/mol. The van der Waals surface area contributed by atoms with Gasteiger partial charge in [-0.2, -0.15) is 0 Å². The van der Waals surface area contributed by atoms with Crippen molar-refractivity contribution < 1.29 is 18.3 Å². The average Bonchev–Trinajstić information content (AvgIpc) is 3.21. The van der Waals surface area contributed by atoms with Crippen molar-refractivity contribution in [3.05, 3.63) is 101 Å². The minimum Gasteiger partial charge on any atom is -0.435 e. The Morgan fingerprint density at radius 2 is 1.86 bits per heavy atom. The van der Waals surface area contributed by atoms with Gasteiger partial charge in [-0.15, -0.1) is 0 Å². The lowest BCUT2D eigenvalue weighted by atomic mass is 9.64. The summed E-state index contributed by atoms with van der Waals surface area (Å²) in [6, 6.07) is 19.0. The summed E-state index contributed by atoms with van der Waals surface area (Å²) in [6.45, 7) is 5.73. The number of hydrogen-bond donors (Lipinski definition) is 2. The summed E-state index contributed by atoms with van der Waals surface area (Å²) < 4.78 is 37.2. The Morgan fingerprint density at radius 3 is 2.61 bits per heavy atom. The summed E-state index contributed by atoms with van der Waals surface area (Å²) in [5.41, 5.74) is 0.278. The maximum Gasteiger partial charge on any atom is 0.408 e. The van der Waals surface area contributed by atoms with Crippen LogP contribution in [0.4, 0.5) is 19.3 Å². The number of anilines is 1. The molecule has 5 nitrogen and oxygen atoms in total. The van der Waals surface area contributed by atoms with Crippen molar-refractivity contribution >= 4 is 34.5 Å². The van der Waals surface area contributed by atoms with Gasteiger partial charge in [0, 0.05) is 58.7 Å². The second kappa shape index (κ2) is 8.82. The molecule has 0 spiro atoms. The lowest BCUT2D eigenvalue weighted by Crippen LogP contribution is -2.61. The first-order chi connectivity index (χ1) is 17.1. The number of aromatic nitrogens is 1. The van der Waals surface area contributed by atoms with Crippen molar-refractivity contribution in [2.45, 2.75) is 44.4 Å². The number of fused-ring (bicyclic) bond motifs is 2. The molecule has 1 aliphatic rings. The third-order valence-corrected chi connectivity index (χ3v) is 7.39. The van der Waals surface area contributed by atoms with Gasteiger partial charge in [0.15, 0.2) is 5.60 Å². The van der Waals surface area contributed by atoms with E-state index in [2.05, 4.69) is 10.6 Å². The van der Waals surface area contributed by atoms with Gasteiger partial charge in [-0.25, -0.2) is 13.6 Å². The first kappa shape index (κ1) is 24.1. The number of nitrogens with zero attached hydrogens (tertiary/aromatic N) is 1. The van der Waals surface area contributed by atoms with Crippen LogP contribution in [0.1, 0.15) is 43.4 Å². The zero-order valence-corrected chi connectivity index (χ0v) is 20.9. The van der Waals surface area contributed by atoms with E-state index >= 15 is 4.39 Å². The molecule has 0 aliphatic carbocycles. The van der Waals surface area contributed by atoms with Crippen LogP contribution < -0.4 is 10.6 Å².